The van der Waals surface area contributed by atoms with Crippen molar-refractivity contribution in [3.05, 3.63) is 29.8 Å². The van der Waals surface area contributed by atoms with Crippen molar-refractivity contribution in [1.82, 2.24) is 15.1 Å². The van der Waals surface area contributed by atoms with Crippen LogP contribution in [-0.4, -0.2) is 15.1 Å². The summed E-state index contributed by atoms with van der Waals surface area (Å²) in [5.41, 5.74) is 2.57. The molecule has 1 aromatic carbocycles. The lowest BCUT2D eigenvalue weighted by molar-refractivity contribution is -0.721. The van der Waals surface area contributed by atoms with E-state index < -0.39 is 0 Å². The fourth-order valence-corrected chi connectivity index (χ4v) is 1.82. The first-order valence-electron chi connectivity index (χ1n) is 4.24. The summed E-state index contributed by atoms with van der Waals surface area (Å²) in [6.07, 6.45) is 0. The molecule has 0 atom stereocenters. The summed E-state index contributed by atoms with van der Waals surface area (Å²) in [5.74, 6) is 1.09. The van der Waals surface area contributed by atoms with Crippen molar-refractivity contribution >= 4 is 0 Å². The molecule has 1 aliphatic heterocycles. The summed E-state index contributed by atoms with van der Waals surface area (Å²) in [5, 5.41) is 8.01. The van der Waals surface area contributed by atoms with E-state index in [9.17, 15) is 0 Å². The first-order valence-corrected chi connectivity index (χ1v) is 4.24. The molecule has 0 N–H and O–H groups in total. The topological polar surface area (TPSA) is 34.6 Å². The van der Waals surface area contributed by atoms with E-state index in [1.807, 2.05) is 22.5 Å². The summed E-state index contributed by atoms with van der Waals surface area (Å²) in [7, 11) is 1.92. The van der Waals surface area contributed by atoms with E-state index >= 15 is 0 Å². The molecule has 4 heteroatoms. The molecule has 1 aromatic heterocycles. The Morgan fingerprint density at radius 1 is 1.38 bits per heavy atom. The molecule has 0 amide bonds. The minimum Gasteiger partial charge on any atom is -0.136 e. The van der Waals surface area contributed by atoms with Crippen molar-refractivity contribution in [2.75, 3.05) is 0 Å². The van der Waals surface area contributed by atoms with Gasteiger partial charge in [-0.3, -0.25) is 0 Å². The number of nitrogens with zero attached hydrogens (tertiary/aromatic N) is 4. The van der Waals surface area contributed by atoms with E-state index in [1.54, 1.807) is 0 Å². The van der Waals surface area contributed by atoms with Crippen molar-refractivity contribution in [2.24, 2.45) is 7.05 Å². The predicted molar refractivity (Wildman–Crippen MR) is 45.7 cm³/mol. The number of aromatic nitrogens is 4. The SMILES string of the molecule is C[n+]1nnn2c1-c1ccccc1C2. The summed E-state index contributed by atoms with van der Waals surface area (Å²) in [4.78, 5) is 0. The van der Waals surface area contributed by atoms with Gasteiger partial charge in [-0.25, -0.2) is 0 Å². The Labute approximate surface area is 75.4 Å². The summed E-state index contributed by atoms with van der Waals surface area (Å²) >= 11 is 0. The first-order chi connectivity index (χ1) is 6.36. The van der Waals surface area contributed by atoms with E-state index in [2.05, 4.69) is 28.6 Å². The second-order valence-electron chi connectivity index (χ2n) is 3.24. The molecule has 64 valence electrons. The van der Waals surface area contributed by atoms with Crippen molar-refractivity contribution < 1.29 is 4.68 Å². The molecule has 0 spiro atoms. The molecule has 0 unspecified atom stereocenters. The third kappa shape index (κ3) is 0.771. The molecule has 3 rings (SSSR count). The zero-order chi connectivity index (χ0) is 8.84. The van der Waals surface area contributed by atoms with E-state index in [0.29, 0.717) is 0 Å². The Morgan fingerprint density at radius 2 is 2.23 bits per heavy atom. The molecule has 1 aliphatic rings. The maximum Gasteiger partial charge on any atom is 0.289 e. The van der Waals surface area contributed by atoms with Crippen molar-refractivity contribution in [3.8, 4) is 11.4 Å². The standard InChI is InChI=1S/C9H9N4/c1-12-9-8-5-3-2-4-7(8)6-13(9)11-10-12/h2-5H,6H2,1H3/q+1. The average molecular weight is 173 g/mol. The van der Waals surface area contributed by atoms with Crippen LogP contribution in [-0.2, 0) is 13.6 Å². The fraction of sp³-hybridized carbons (Fsp3) is 0.222. The van der Waals surface area contributed by atoms with Crippen LogP contribution in [0.15, 0.2) is 24.3 Å². The van der Waals surface area contributed by atoms with Crippen molar-refractivity contribution in [3.63, 3.8) is 0 Å². The summed E-state index contributed by atoms with van der Waals surface area (Å²) < 4.78 is 3.73. The third-order valence-corrected chi connectivity index (χ3v) is 2.41. The third-order valence-electron chi connectivity index (χ3n) is 2.41. The minimum absolute atomic E-state index is 0.847. The van der Waals surface area contributed by atoms with Crippen molar-refractivity contribution in [1.29, 1.82) is 0 Å². The van der Waals surface area contributed by atoms with Crippen LogP contribution in [0.2, 0.25) is 0 Å². The molecule has 0 saturated carbocycles. The van der Waals surface area contributed by atoms with Gasteiger partial charge in [-0.15, -0.1) is 4.68 Å². The highest BCUT2D eigenvalue weighted by Crippen LogP contribution is 2.26. The van der Waals surface area contributed by atoms with E-state index in [4.69, 9.17) is 0 Å². The van der Waals surface area contributed by atoms with Gasteiger partial charge in [0.2, 0.25) is 0 Å². The van der Waals surface area contributed by atoms with Crippen LogP contribution >= 0.6 is 0 Å². The Balaban J connectivity index is 2.35. The van der Waals surface area contributed by atoms with Crippen LogP contribution in [0.5, 0.6) is 0 Å². The quantitative estimate of drug-likeness (QED) is 0.453. The van der Waals surface area contributed by atoms with Gasteiger partial charge in [-0.05, 0) is 6.07 Å². The van der Waals surface area contributed by atoms with E-state index in [1.165, 1.54) is 11.1 Å². The lowest BCUT2D eigenvalue weighted by Gasteiger charge is -1.92. The maximum atomic E-state index is 4.04. The Bertz CT molecular complexity index is 472. The molecule has 0 aliphatic carbocycles. The van der Waals surface area contributed by atoms with E-state index in [-0.39, 0.29) is 0 Å². The Hall–Kier alpha value is -1.71. The van der Waals surface area contributed by atoms with Crippen LogP contribution in [0.4, 0.5) is 0 Å². The molecular formula is C9H9N4+. The minimum atomic E-state index is 0.847. The molecule has 0 fully saturated rings. The number of tetrazole rings is 1. The van der Waals surface area contributed by atoms with Crippen LogP contribution in [0.25, 0.3) is 11.4 Å². The highest BCUT2D eigenvalue weighted by molar-refractivity contribution is 5.61. The molecule has 0 bridgehead atoms. The zero-order valence-corrected chi connectivity index (χ0v) is 7.31. The van der Waals surface area contributed by atoms with Gasteiger partial charge in [-0.2, -0.15) is 0 Å². The molecule has 13 heavy (non-hydrogen) atoms. The van der Waals surface area contributed by atoms with Crippen LogP contribution in [0.1, 0.15) is 5.56 Å². The Morgan fingerprint density at radius 3 is 3.15 bits per heavy atom. The van der Waals surface area contributed by atoms with Gasteiger partial charge in [0.05, 0.1) is 12.6 Å². The molecule has 2 aromatic rings. The fourth-order valence-electron chi connectivity index (χ4n) is 1.82. The van der Waals surface area contributed by atoms with Gasteiger partial charge in [0.1, 0.15) is 11.8 Å². The van der Waals surface area contributed by atoms with Crippen LogP contribution in [0.3, 0.4) is 0 Å². The molecule has 0 radical (unpaired) electrons. The number of aryl methyl sites for hydroxylation is 1. The molecule has 2 heterocycles. The number of hydrogen-bond acceptors (Lipinski definition) is 2. The van der Waals surface area contributed by atoms with E-state index in [0.717, 1.165) is 12.4 Å². The van der Waals surface area contributed by atoms with Gasteiger partial charge in [-0.1, -0.05) is 22.9 Å². The van der Waals surface area contributed by atoms with Gasteiger partial charge in [0, 0.05) is 5.56 Å². The second kappa shape index (κ2) is 2.16. The molecular weight excluding hydrogens is 164 g/mol. The maximum absolute atomic E-state index is 4.04. The lowest BCUT2D eigenvalue weighted by atomic mass is 10.1. The largest absolute Gasteiger partial charge is 0.289 e. The number of fused-ring (bicyclic) bond motifs is 3. The smallest absolute Gasteiger partial charge is 0.136 e. The highest BCUT2D eigenvalue weighted by Gasteiger charge is 2.29. The second-order valence-corrected chi connectivity index (χ2v) is 3.24. The normalized spacial score (nSPS) is 12.7. The number of rotatable bonds is 0. The number of hydrogen-bond donors (Lipinski definition) is 0. The Kier molecular flexibility index (Phi) is 1.12. The first kappa shape index (κ1) is 6.77. The molecule has 0 saturated heterocycles. The van der Waals surface area contributed by atoms with Gasteiger partial charge < -0.3 is 0 Å². The van der Waals surface area contributed by atoms with Crippen LogP contribution in [0, 0.1) is 0 Å². The average Bonchev–Trinajstić information content (AvgIpc) is 2.66. The predicted octanol–water partition coefficient (Wildman–Crippen LogP) is 0.131. The lowest BCUT2D eigenvalue weighted by Crippen LogP contribution is -2.32. The monoisotopic (exact) mass is 173 g/mol. The van der Waals surface area contributed by atoms with Crippen LogP contribution < -0.4 is 4.68 Å². The van der Waals surface area contributed by atoms with Gasteiger partial charge >= 0.3 is 0 Å². The molecule has 4 nitrogen and oxygen atoms in total. The zero-order valence-electron chi connectivity index (χ0n) is 7.31. The van der Waals surface area contributed by atoms with Gasteiger partial charge in [0.15, 0.2) is 5.21 Å². The van der Waals surface area contributed by atoms with Gasteiger partial charge in [0.25, 0.3) is 5.82 Å². The summed E-state index contributed by atoms with van der Waals surface area (Å²) in [6.45, 7) is 0.847. The highest BCUT2D eigenvalue weighted by atomic mass is 15.6. The van der Waals surface area contributed by atoms with Crippen molar-refractivity contribution in [2.45, 2.75) is 6.54 Å². The number of benzene rings is 1. The summed E-state index contributed by atoms with van der Waals surface area (Å²) in [6, 6.07) is 8.34.